The topological polar surface area (TPSA) is 78.8 Å². The van der Waals surface area contributed by atoms with E-state index in [0.29, 0.717) is 27.3 Å². The minimum absolute atomic E-state index is 0.150. The molecule has 4 aromatic rings. The van der Waals surface area contributed by atoms with Gasteiger partial charge < -0.3 is 9.72 Å². The Bertz CT molecular complexity index is 1210. The highest BCUT2D eigenvalue weighted by Gasteiger charge is 2.14. The lowest BCUT2D eigenvalue weighted by Gasteiger charge is -2.08. The van der Waals surface area contributed by atoms with Gasteiger partial charge in [-0.25, -0.2) is 9.78 Å². The molecule has 0 spiro atoms. The van der Waals surface area contributed by atoms with Gasteiger partial charge in [0.2, 0.25) is 0 Å². The van der Waals surface area contributed by atoms with Crippen molar-refractivity contribution in [3.63, 3.8) is 0 Å². The van der Waals surface area contributed by atoms with Crippen molar-refractivity contribution in [3.8, 4) is 17.2 Å². The maximum Gasteiger partial charge on any atom is 0.340 e. The van der Waals surface area contributed by atoms with Gasteiger partial charge in [0.05, 0.1) is 28.2 Å². The number of hydrogen-bond donors (Lipinski definition) is 2. The number of nitrogens with zero attached hydrogens (tertiary/aromatic N) is 2. The lowest BCUT2D eigenvalue weighted by atomic mass is 9.99. The highest BCUT2D eigenvalue weighted by atomic mass is 32.1. The molecule has 0 saturated heterocycles. The molecule has 5 nitrogen and oxygen atoms in total. The van der Waals surface area contributed by atoms with Crippen molar-refractivity contribution in [2.24, 2.45) is 0 Å². The standard InChI is InChI=1S/C22H15N3O2S/c23-12-16-4-1-2-5-17(16)15-10-8-14(9-11-15)13-27-21(26)18-6-3-7-19-20(18)25-22(28)24-19/h1-11H,13H2,(H2,24,25,28). The van der Waals surface area contributed by atoms with Crippen molar-refractivity contribution in [1.82, 2.24) is 9.97 Å². The second-order valence-electron chi connectivity index (χ2n) is 6.19. The highest BCUT2D eigenvalue weighted by molar-refractivity contribution is 7.80. The van der Waals surface area contributed by atoms with Crippen LogP contribution >= 0.6 is 12.6 Å². The Balaban J connectivity index is 1.49. The number of fused-ring (bicyclic) bond motifs is 1. The Hall–Kier alpha value is -3.56. The first-order valence-corrected chi connectivity index (χ1v) is 9.03. The largest absolute Gasteiger partial charge is 0.457 e. The van der Waals surface area contributed by atoms with Gasteiger partial charge in [-0.15, -0.1) is 12.6 Å². The predicted octanol–water partition coefficient (Wildman–Crippen LogP) is 4.75. The molecule has 0 saturated carbocycles. The minimum atomic E-state index is -0.429. The summed E-state index contributed by atoms with van der Waals surface area (Å²) in [4.78, 5) is 19.7. The van der Waals surface area contributed by atoms with Crippen molar-refractivity contribution in [2.75, 3.05) is 0 Å². The van der Waals surface area contributed by atoms with Crippen LogP contribution < -0.4 is 0 Å². The highest BCUT2D eigenvalue weighted by Crippen LogP contribution is 2.24. The Morgan fingerprint density at radius 1 is 1.07 bits per heavy atom. The smallest absolute Gasteiger partial charge is 0.340 e. The quantitative estimate of drug-likeness (QED) is 0.393. The van der Waals surface area contributed by atoms with Gasteiger partial charge in [-0.05, 0) is 34.9 Å². The van der Waals surface area contributed by atoms with E-state index in [2.05, 4.69) is 28.7 Å². The average molecular weight is 385 g/mol. The first-order chi connectivity index (χ1) is 13.7. The van der Waals surface area contributed by atoms with Crippen LogP contribution in [0.3, 0.4) is 0 Å². The fourth-order valence-corrected chi connectivity index (χ4v) is 3.25. The summed E-state index contributed by atoms with van der Waals surface area (Å²) in [5.74, 6) is -0.429. The third-order valence-electron chi connectivity index (χ3n) is 4.41. The monoisotopic (exact) mass is 385 g/mol. The van der Waals surface area contributed by atoms with Gasteiger partial charge in [0, 0.05) is 0 Å². The number of ether oxygens (including phenoxy) is 1. The second kappa shape index (κ2) is 7.59. The number of rotatable bonds is 4. The fraction of sp³-hybridized carbons (Fsp3) is 0.0455. The number of aromatic amines is 1. The molecule has 1 heterocycles. The van der Waals surface area contributed by atoms with E-state index in [1.165, 1.54) is 0 Å². The maximum atomic E-state index is 12.5. The molecule has 0 atom stereocenters. The van der Waals surface area contributed by atoms with E-state index >= 15 is 0 Å². The van der Waals surface area contributed by atoms with Crippen molar-refractivity contribution in [2.45, 2.75) is 11.8 Å². The number of aromatic nitrogens is 2. The number of carbonyl (C=O) groups excluding carboxylic acids is 1. The van der Waals surface area contributed by atoms with Crippen molar-refractivity contribution in [3.05, 3.63) is 83.4 Å². The number of nitriles is 1. The number of esters is 1. The first-order valence-electron chi connectivity index (χ1n) is 8.59. The Labute approximate surface area is 167 Å². The summed E-state index contributed by atoms with van der Waals surface area (Å²) in [5.41, 5.74) is 5.00. The van der Waals surface area contributed by atoms with Crippen molar-refractivity contribution in [1.29, 1.82) is 5.26 Å². The molecule has 0 bridgehead atoms. The predicted molar refractivity (Wildman–Crippen MR) is 109 cm³/mol. The molecule has 0 fully saturated rings. The van der Waals surface area contributed by atoms with E-state index in [4.69, 9.17) is 4.74 Å². The zero-order valence-electron chi connectivity index (χ0n) is 14.7. The number of para-hydroxylation sites is 1. The van der Waals surface area contributed by atoms with Crippen LogP contribution in [0.4, 0.5) is 0 Å². The minimum Gasteiger partial charge on any atom is -0.457 e. The lowest BCUT2D eigenvalue weighted by molar-refractivity contribution is 0.0475. The number of nitrogens with one attached hydrogen (secondary N) is 1. The molecular weight excluding hydrogens is 370 g/mol. The molecule has 0 radical (unpaired) electrons. The molecule has 0 aliphatic heterocycles. The van der Waals surface area contributed by atoms with E-state index in [0.717, 1.165) is 16.7 Å². The van der Waals surface area contributed by atoms with Crippen LogP contribution in [0.1, 0.15) is 21.5 Å². The summed E-state index contributed by atoms with van der Waals surface area (Å²) in [6.07, 6.45) is 0. The summed E-state index contributed by atoms with van der Waals surface area (Å²) in [6, 6.07) is 22.5. The molecule has 1 aromatic heterocycles. The summed E-state index contributed by atoms with van der Waals surface area (Å²) in [5, 5.41) is 9.69. The third kappa shape index (κ3) is 3.48. The molecule has 4 rings (SSSR count). The average Bonchev–Trinajstić information content (AvgIpc) is 3.12. The number of H-pyrrole nitrogens is 1. The van der Waals surface area contributed by atoms with Crippen LogP contribution in [-0.2, 0) is 11.3 Å². The summed E-state index contributed by atoms with van der Waals surface area (Å²) >= 11 is 4.18. The molecule has 3 aromatic carbocycles. The Morgan fingerprint density at radius 2 is 1.86 bits per heavy atom. The lowest BCUT2D eigenvalue weighted by Crippen LogP contribution is -2.06. The zero-order valence-corrected chi connectivity index (χ0v) is 15.6. The summed E-state index contributed by atoms with van der Waals surface area (Å²) in [6.45, 7) is 0.150. The summed E-state index contributed by atoms with van der Waals surface area (Å²) < 4.78 is 5.46. The molecule has 28 heavy (non-hydrogen) atoms. The molecular formula is C22H15N3O2S. The van der Waals surface area contributed by atoms with E-state index in [9.17, 15) is 10.1 Å². The molecule has 6 heteroatoms. The first kappa shape index (κ1) is 17.8. The van der Waals surface area contributed by atoms with E-state index in [-0.39, 0.29) is 6.61 Å². The molecule has 0 aliphatic rings. The number of imidazole rings is 1. The number of thiol groups is 1. The molecule has 136 valence electrons. The Morgan fingerprint density at radius 3 is 2.64 bits per heavy atom. The van der Waals surface area contributed by atoms with E-state index < -0.39 is 5.97 Å². The van der Waals surface area contributed by atoms with Crippen LogP contribution in [0.5, 0.6) is 0 Å². The second-order valence-corrected chi connectivity index (χ2v) is 6.61. The van der Waals surface area contributed by atoms with Crippen molar-refractivity contribution < 1.29 is 9.53 Å². The molecule has 0 aliphatic carbocycles. The number of hydrogen-bond acceptors (Lipinski definition) is 5. The zero-order chi connectivity index (χ0) is 19.5. The van der Waals surface area contributed by atoms with Gasteiger partial charge in [0.1, 0.15) is 6.61 Å². The molecule has 1 N–H and O–H groups in total. The third-order valence-corrected chi connectivity index (χ3v) is 4.62. The molecule has 0 amide bonds. The van der Waals surface area contributed by atoms with Gasteiger partial charge in [-0.1, -0.05) is 48.5 Å². The fourth-order valence-electron chi connectivity index (χ4n) is 3.03. The van der Waals surface area contributed by atoms with Gasteiger partial charge in [0.25, 0.3) is 0 Å². The van der Waals surface area contributed by atoms with E-state index in [1.807, 2.05) is 42.5 Å². The van der Waals surface area contributed by atoms with Crippen LogP contribution in [0.15, 0.2) is 71.9 Å². The van der Waals surface area contributed by atoms with Crippen LogP contribution in [0, 0.1) is 11.3 Å². The van der Waals surface area contributed by atoms with Gasteiger partial charge in [-0.2, -0.15) is 5.26 Å². The van der Waals surface area contributed by atoms with E-state index in [1.54, 1.807) is 24.3 Å². The normalized spacial score (nSPS) is 10.6. The van der Waals surface area contributed by atoms with Crippen molar-refractivity contribution >= 4 is 29.6 Å². The van der Waals surface area contributed by atoms with Gasteiger partial charge in [0.15, 0.2) is 5.16 Å². The van der Waals surface area contributed by atoms with Crippen LogP contribution in [0.25, 0.3) is 22.2 Å². The number of benzene rings is 3. The van der Waals surface area contributed by atoms with Gasteiger partial charge in [-0.3, -0.25) is 0 Å². The summed E-state index contributed by atoms with van der Waals surface area (Å²) in [7, 11) is 0. The van der Waals surface area contributed by atoms with Gasteiger partial charge >= 0.3 is 5.97 Å². The Kier molecular flexibility index (Phi) is 4.83. The number of carbonyl (C=O) groups is 1. The SMILES string of the molecule is N#Cc1ccccc1-c1ccc(COC(=O)c2cccc3nc(S)[nH]c23)cc1. The maximum absolute atomic E-state index is 12.5. The molecule has 0 unspecified atom stereocenters. The van der Waals surface area contributed by atoms with Crippen LogP contribution in [-0.4, -0.2) is 15.9 Å². The van der Waals surface area contributed by atoms with Crippen LogP contribution in [0.2, 0.25) is 0 Å².